The number of hydrogen-bond donors (Lipinski definition) is 0. The first-order chi connectivity index (χ1) is 9.19. The maximum absolute atomic E-state index is 12.5. The van der Waals surface area contributed by atoms with Crippen LogP contribution in [0, 0.1) is 0 Å². The number of halogens is 11. The molecule has 0 aromatic rings. The standard InChI is InChI=1S/C8H5F11O2/c9-3(6(12,13)14)4(10)20-1-2-21-8(18,19)5(11)7(15,16)17/h5H,1-2H2. The fourth-order valence-corrected chi connectivity index (χ4v) is 0.748. The second-order valence-electron chi connectivity index (χ2n) is 3.25. The lowest BCUT2D eigenvalue weighted by Gasteiger charge is -2.22. The zero-order valence-corrected chi connectivity index (χ0v) is 9.47. The fraction of sp³-hybridized carbons (Fsp3) is 0.750. The zero-order valence-electron chi connectivity index (χ0n) is 9.47. The van der Waals surface area contributed by atoms with Crippen LogP contribution in [0.4, 0.5) is 48.3 Å². The molecule has 1 unspecified atom stereocenters. The van der Waals surface area contributed by atoms with Crippen LogP contribution in [0.1, 0.15) is 0 Å². The minimum absolute atomic E-state index is 1.52. The van der Waals surface area contributed by atoms with Crippen LogP contribution in [0.2, 0.25) is 0 Å². The fourth-order valence-electron chi connectivity index (χ4n) is 0.748. The molecule has 0 radical (unpaired) electrons. The minimum Gasteiger partial charge on any atom is -0.466 e. The van der Waals surface area contributed by atoms with Crippen molar-refractivity contribution in [3.8, 4) is 0 Å². The summed E-state index contributed by atoms with van der Waals surface area (Å²) in [7, 11) is 0. The Kier molecular flexibility index (Phi) is 6.26. The van der Waals surface area contributed by atoms with Gasteiger partial charge < -0.3 is 9.47 Å². The molecule has 0 aliphatic rings. The normalized spacial score (nSPS) is 16.5. The molecule has 13 heteroatoms. The molecule has 0 rings (SSSR count). The van der Waals surface area contributed by atoms with Crippen molar-refractivity contribution in [2.24, 2.45) is 0 Å². The van der Waals surface area contributed by atoms with Crippen molar-refractivity contribution < 1.29 is 57.8 Å². The molecule has 0 aromatic heterocycles. The molecule has 0 spiro atoms. The van der Waals surface area contributed by atoms with E-state index in [0.29, 0.717) is 0 Å². The highest BCUT2D eigenvalue weighted by Gasteiger charge is 2.58. The van der Waals surface area contributed by atoms with E-state index in [-0.39, 0.29) is 0 Å². The molecule has 0 aliphatic heterocycles. The van der Waals surface area contributed by atoms with Crippen molar-refractivity contribution in [3.63, 3.8) is 0 Å². The van der Waals surface area contributed by atoms with E-state index >= 15 is 0 Å². The lowest BCUT2D eigenvalue weighted by Crippen LogP contribution is -2.44. The van der Waals surface area contributed by atoms with Gasteiger partial charge in [0.15, 0.2) is 0 Å². The topological polar surface area (TPSA) is 18.5 Å². The summed E-state index contributed by atoms with van der Waals surface area (Å²) >= 11 is 0. The van der Waals surface area contributed by atoms with Gasteiger partial charge in [0.2, 0.25) is 0 Å². The average Bonchev–Trinajstić information content (AvgIpc) is 2.30. The van der Waals surface area contributed by atoms with Crippen molar-refractivity contribution in [1.82, 2.24) is 0 Å². The first kappa shape index (κ1) is 19.7. The first-order valence-electron chi connectivity index (χ1n) is 4.67. The molecule has 0 heterocycles. The quantitative estimate of drug-likeness (QED) is 0.410. The Labute approximate surface area is 109 Å². The smallest absolute Gasteiger partial charge is 0.449 e. The van der Waals surface area contributed by atoms with Gasteiger partial charge in [0.25, 0.3) is 12.0 Å². The summed E-state index contributed by atoms with van der Waals surface area (Å²) in [5, 5.41) is 0. The van der Waals surface area contributed by atoms with Gasteiger partial charge >= 0.3 is 24.5 Å². The van der Waals surface area contributed by atoms with Crippen LogP contribution in [0.25, 0.3) is 0 Å². The van der Waals surface area contributed by atoms with Gasteiger partial charge in [-0.25, -0.2) is 4.39 Å². The summed E-state index contributed by atoms with van der Waals surface area (Å²) in [4.78, 5) is 0. The van der Waals surface area contributed by atoms with E-state index in [1.54, 1.807) is 0 Å². The van der Waals surface area contributed by atoms with E-state index in [0.717, 1.165) is 0 Å². The summed E-state index contributed by atoms with van der Waals surface area (Å²) in [5.74, 6) is -3.31. The Morgan fingerprint density at radius 1 is 0.857 bits per heavy atom. The third-order valence-electron chi connectivity index (χ3n) is 1.61. The number of alkyl halides is 9. The monoisotopic (exact) mass is 342 g/mol. The van der Waals surface area contributed by atoms with Gasteiger partial charge in [-0.2, -0.15) is 43.9 Å². The molecule has 0 N–H and O–H groups in total. The molecule has 2 nitrogen and oxygen atoms in total. The van der Waals surface area contributed by atoms with Crippen LogP contribution in [-0.2, 0) is 9.47 Å². The maximum atomic E-state index is 12.5. The van der Waals surface area contributed by atoms with Crippen molar-refractivity contribution in [2.45, 2.75) is 24.6 Å². The highest BCUT2D eigenvalue weighted by Crippen LogP contribution is 2.35. The van der Waals surface area contributed by atoms with E-state index in [1.165, 1.54) is 0 Å². The summed E-state index contributed by atoms with van der Waals surface area (Å²) < 4.78 is 137. The number of ether oxygens (including phenoxy) is 2. The van der Waals surface area contributed by atoms with Crippen molar-refractivity contribution in [3.05, 3.63) is 11.8 Å². The lowest BCUT2D eigenvalue weighted by atomic mass is 10.3. The molecule has 126 valence electrons. The maximum Gasteiger partial charge on any atom is 0.449 e. The second-order valence-corrected chi connectivity index (χ2v) is 3.25. The van der Waals surface area contributed by atoms with Gasteiger partial charge in [-0.05, 0) is 0 Å². The van der Waals surface area contributed by atoms with Crippen LogP contribution in [0.5, 0.6) is 0 Å². The van der Waals surface area contributed by atoms with Crippen molar-refractivity contribution >= 4 is 0 Å². The van der Waals surface area contributed by atoms with Crippen LogP contribution in [0.15, 0.2) is 11.8 Å². The molecular weight excluding hydrogens is 337 g/mol. The van der Waals surface area contributed by atoms with Crippen molar-refractivity contribution in [1.29, 1.82) is 0 Å². The number of rotatable bonds is 6. The van der Waals surface area contributed by atoms with E-state index in [9.17, 15) is 48.3 Å². The van der Waals surface area contributed by atoms with Crippen LogP contribution in [-0.4, -0.2) is 37.8 Å². The van der Waals surface area contributed by atoms with Gasteiger partial charge in [0.05, 0.1) is 6.61 Å². The van der Waals surface area contributed by atoms with E-state index in [2.05, 4.69) is 9.47 Å². The lowest BCUT2D eigenvalue weighted by molar-refractivity contribution is -0.337. The van der Waals surface area contributed by atoms with Crippen molar-refractivity contribution in [2.75, 3.05) is 13.2 Å². The van der Waals surface area contributed by atoms with Gasteiger partial charge in [0, 0.05) is 0 Å². The Morgan fingerprint density at radius 2 is 1.33 bits per heavy atom. The predicted octanol–water partition coefficient (Wildman–Crippen LogP) is 4.18. The summed E-state index contributed by atoms with van der Waals surface area (Å²) in [6.07, 6.45) is -21.8. The molecule has 21 heavy (non-hydrogen) atoms. The Bertz CT molecular complexity index is 369. The summed E-state index contributed by atoms with van der Waals surface area (Å²) in [6, 6.07) is -2.83. The van der Waals surface area contributed by atoms with E-state index in [4.69, 9.17) is 0 Å². The molecule has 1 atom stereocenters. The molecular formula is C8H5F11O2. The highest BCUT2D eigenvalue weighted by molar-refractivity contribution is 4.99. The van der Waals surface area contributed by atoms with E-state index < -0.39 is 49.7 Å². The molecule has 0 saturated heterocycles. The van der Waals surface area contributed by atoms with E-state index in [1.807, 2.05) is 0 Å². The van der Waals surface area contributed by atoms with Gasteiger partial charge in [-0.3, -0.25) is 0 Å². The molecule has 0 fully saturated rings. The molecule has 0 aliphatic carbocycles. The average molecular weight is 342 g/mol. The summed E-state index contributed by atoms with van der Waals surface area (Å²) in [6.45, 7) is -3.16. The first-order valence-corrected chi connectivity index (χ1v) is 4.67. The van der Waals surface area contributed by atoms with Crippen LogP contribution in [0.3, 0.4) is 0 Å². The third kappa shape index (κ3) is 6.35. The molecule has 0 amide bonds. The number of hydrogen-bond acceptors (Lipinski definition) is 2. The predicted molar refractivity (Wildman–Crippen MR) is 43.1 cm³/mol. The van der Waals surface area contributed by atoms with Gasteiger partial charge in [-0.1, -0.05) is 0 Å². The summed E-state index contributed by atoms with van der Waals surface area (Å²) in [5.41, 5.74) is 0. The molecule has 0 saturated carbocycles. The van der Waals surface area contributed by atoms with Gasteiger partial charge in [-0.15, -0.1) is 0 Å². The minimum atomic E-state index is -5.96. The van der Waals surface area contributed by atoms with Crippen LogP contribution >= 0.6 is 0 Å². The third-order valence-corrected chi connectivity index (χ3v) is 1.61. The zero-order chi connectivity index (χ0) is 17.1. The Balaban J connectivity index is 4.40. The second kappa shape index (κ2) is 6.66. The SMILES string of the molecule is FC(OCCOC(F)(F)C(F)C(F)(F)F)=C(F)C(F)(F)F. The molecule has 0 bridgehead atoms. The Hall–Kier alpha value is -1.27. The number of allylic oxidation sites excluding steroid dienone is 1. The van der Waals surface area contributed by atoms with Crippen LogP contribution < -0.4 is 0 Å². The van der Waals surface area contributed by atoms with Gasteiger partial charge in [0.1, 0.15) is 6.61 Å². The Morgan fingerprint density at radius 3 is 1.71 bits per heavy atom. The largest absolute Gasteiger partial charge is 0.466 e. The molecule has 0 aromatic carbocycles. The highest BCUT2D eigenvalue weighted by atomic mass is 19.4.